The summed E-state index contributed by atoms with van der Waals surface area (Å²) in [5, 5.41) is 8.35. The molecule has 188 valence electrons. The number of likely N-dealkylation sites (N-methyl/N-ethyl adjacent to an activating group) is 1. The molecule has 0 bridgehead atoms. The van der Waals surface area contributed by atoms with Gasteiger partial charge in [0, 0.05) is 56.6 Å². The first-order chi connectivity index (χ1) is 16.7. The molecule has 0 aliphatic carbocycles. The van der Waals surface area contributed by atoms with Gasteiger partial charge in [0.05, 0.1) is 18.5 Å². The minimum absolute atomic E-state index is 0.0804. The van der Waals surface area contributed by atoms with E-state index in [0.29, 0.717) is 18.7 Å². The predicted octanol–water partition coefficient (Wildman–Crippen LogP) is 3.29. The van der Waals surface area contributed by atoms with Crippen LogP contribution in [0, 0.1) is 19.7 Å². The monoisotopic (exact) mass is 482 g/mol. The molecule has 1 atom stereocenters. The van der Waals surface area contributed by atoms with E-state index in [1.807, 2.05) is 33.9 Å². The zero-order valence-electron chi connectivity index (χ0n) is 21.5. The molecule has 35 heavy (non-hydrogen) atoms. The van der Waals surface area contributed by atoms with Gasteiger partial charge in [-0.3, -0.25) is 4.79 Å². The average molecular weight is 483 g/mol. The molecule has 9 heteroatoms. The zero-order valence-corrected chi connectivity index (χ0v) is 21.5. The number of aryl methyl sites for hydroxylation is 3. The standard InChI is InChI=1S/C26H35FN6O2/c1-16-20(17(2)29-25-24(16)26(35-6)30-32(25)5)8-10-23(34)28-18(3)21-15-19(27)7-9-22(21)33-13-11-31(4)12-14-33/h7,9,15,18H,8,10-14H2,1-6H3,(H,28,34). The highest BCUT2D eigenvalue weighted by Crippen LogP contribution is 2.31. The van der Waals surface area contributed by atoms with Crippen molar-refractivity contribution < 1.29 is 13.9 Å². The van der Waals surface area contributed by atoms with Gasteiger partial charge in [0.25, 0.3) is 0 Å². The van der Waals surface area contributed by atoms with Crippen LogP contribution in [0.5, 0.6) is 5.88 Å². The van der Waals surface area contributed by atoms with Gasteiger partial charge in [-0.05, 0) is 63.6 Å². The number of hydrogen-bond acceptors (Lipinski definition) is 6. The van der Waals surface area contributed by atoms with E-state index >= 15 is 0 Å². The highest BCUT2D eigenvalue weighted by Gasteiger charge is 2.22. The Morgan fingerprint density at radius 2 is 1.91 bits per heavy atom. The third kappa shape index (κ3) is 5.10. The van der Waals surface area contributed by atoms with Crippen LogP contribution in [0.15, 0.2) is 18.2 Å². The van der Waals surface area contributed by atoms with E-state index in [1.165, 1.54) is 6.07 Å². The Labute approximate surface area is 206 Å². The molecule has 1 fully saturated rings. The molecule has 1 N–H and O–H groups in total. The molecule has 0 radical (unpaired) electrons. The molecule has 1 aliphatic heterocycles. The summed E-state index contributed by atoms with van der Waals surface area (Å²) in [7, 11) is 5.54. The fraction of sp³-hybridized carbons (Fsp3) is 0.500. The van der Waals surface area contributed by atoms with Gasteiger partial charge in [-0.1, -0.05) is 0 Å². The van der Waals surface area contributed by atoms with Gasteiger partial charge in [-0.25, -0.2) is 14.1 Å². The number of carbonyl (C=O) groups excluding carboxylic acids is 1. The number of amides is 1. The highest BCUT2D eigenvalue weighted by molar-refractivity contribution is 5.86. The molecule has 2 aromatic heterocycles. The van der Waals surface area contributed by atoms with Gasteiger partial charge in [-0.15, -0.1) is 5.10 Å². The molecule has 1 aliphatic rings. The molecule has 4 rings (SSSR count). The number of ether oxygens (including phenoxy) is 1. The van der Waals surface area contributed by atoms with E-state index in [9.17, 15) is 9.18 Å². The van der Waals surface area contributed by atoms with Gasteiger partial charge in [0.1, 0.15) is 5.82 Å². The van der Waals surface area contributed by atoms with Crippen molar-refractivity contribution in [3.8, 4) is 5.88 Å². The lowest BCUT2D eigenvalue weighted by atomic mass is 9.99. The minimum Gasteiger partial charge on any atom is -0.479 e. The van der Waals surface area contributed by atoms with Crippen LogP contribution < -0.4 is 15.0 Å². The van der Waals surface area contributed by atoms with Crippen molar-refractivity contribution >= 4 is 22.6 Å². The van der Waals surface area contributed by atoms with Crippen LogP contribution in [-0.4, -0.2) is 65.9 Å². The van der Waals surface area contributed by atoms with Crippen molar-refractivity contribution in [2.45, 2.75) is 39.7 Å². The Morgan fingerprint density at radius 1 is 1.20 bits per heavy atom. The molecular weight excluding hydrogens is 447 g/mol. The van der Waals surface area contributed by atoms with E-state index in [1.54, 1.807) is 17.9 Å². The van der Waals surface area contributed by atoms with Crippen molar-refractivity contribution in [2.75, 3.05) is 45.2 Å². The van der Waals surface area contributed by atoms with E-state index in [0.717, 1.165) is 65.3 Å². The Morgan fingerprint density at radius 3 is 2.60 bits per heavy atom. The summed E-state index contributed by atoms with van der Waals surface area (Å²) in [5.74, 6) is 0.160. The maximum Gasteiger partial charge on any atom is 0.242 e. The number of nitrogens with zero attached hydrogens (tertiary/aromatic N) is 5. The normalized spacial score (nSPS) is 15.5. The number of carbonyl (C=O) groups is 1. The second kappa shape index (κ2) is 10.2. The van der Waals surface area contributed by atoms with Crippen LogP contribution >= 0.6 is 0 Å². The van der Waals surface area contributed by atoms with Gasteiger partial charge < -0.3 is 19.9 Å². The predicted molar refractivity (Wildman–Crippen MR) is 136 cm³/mol. The third-order valence-corrected chi connectivity index (χ3v) is 7.00. The number of benzene rings is 1. The number of anilines is 1. The molecule has 1 amide bonds. The Hall–Kier alpha value is -3.20. The smallest absolute Gasteiger partial charge is 0.242 e. The fourth-order valence-electron chi connectivity index (χ4n) is 4.94. The molecule has 0 spiro atoms. The lowest BCUT2D eigenvalue weighted by molar-refractivity contribution is -0.121. The Balaban J connectivity index is 1.48. The molecule has 3 heterocycles. The second-order valence-electron chi connectivity index (χ2n) is 9.41. The van der Waals surface area contributed by atoms with Crippen molar-refractivity contribution in [1.29, 1.82) is 0 Å². The lowest BCUT2D eigenvalue weighted by Crippen LogP contribution is -2.45. The van der Waals surface area contributed by atoms with Crippen LogP contribution in [0.2, 0.25) is 0 Å². The summed E-state index contributed by atoms with van der Waals surface area (Å²) < 4.78 is 21.3. The zero-order chi connectivity index (χ0) is 25.3. The second-order valence-corrected chi connectivity index (χ2v) is 9.41. The van der Waals surface area contributed by atoms with E-state index in [4.69, 9.17) is 9.72 Å². The number of hydrogen-bond donors (Lipinski definition) is 1. The molecular formula is C26H35FN6O2. The highest BCUT2D eigenvalue weighted by atomic mass is 19.1. The first-order valence-corrected chi connectivity index (χ1v) is 12.1. The number of nitrogens with one attached hydrogen (secondary N) is 1. The Kier molecular flexibility index (Phi) is 7.25. The molecule has 1 unspecified atom stereocenters. The Bertz CT molecular complexity index is 1230. The molecule has 1 saturated heterocycles. The SMILES string of the molecule is COc1nn(C)c2nc(C)c(CCC(=O)NC(C)c3cc(F)ccc3N3CCN(C)CC3)c(C)c12. The first-order valence-electron chi connectivity index (χ1n) is 12.1. The number of halogens is 1. The summed E-state index contributed by atoms with van der Waals surface area (Å²) in [6.07, 6.45) is 0.854. The maximum absolute atomic E-state index is 14.2. The van der Waals surface area contributed by atoms with E-state index in [2.05, 4.69) is 27.3 Å². The third-order valence-electron chi connectivity index (χ3n) is 7.00. The molecule has 8 nitrogen and oxygen atoms in total. The largest absolute Gasteiger partial charge is 0.479 e. The number of piperazine rings is 1. The summed E-state index contributed by atoms with van der Waals surface area (Å²) in [6.45, 7) is 9.55. The molecule has 1 aromatic carbocycles. The molecule has 3 aromatic rings. The van der Waals surface area contributed by atoms with Crippen LogP contribution in [0.4, 0.5) is 10.1 Å². The van der Waals surface area contributed by atoms with E-state index in [-0.39, 0.29) is 17.8 Å². The van der Waals surface area contributed by atoms with Crippen molar-refractivity contribution in [2.24, 2.45) is 7.05 Å². The number of rotatable bonds is 7. The topological polar surface area (TPSA) is 75.5 Å². The average Bonchev–Trinajstić information content (AvgIpc) is 3.15. The van der Waals surface area contributed by atoms with Gasteiger partial charge >= 0.3 is 0 Å². The van der Waals surface area contributed by atoms with Crippen LogP contribution in [-0.2, 0) is 18.3 Å². The van der Waals surface area contributed by atoms with Crippen molar-refractivity contribution in [3.05, 3.63) is 46.4 Å². The number of methoxy groups -OCH3 is 1. The summed E-state index contributed by atoms with van der Waals surface area (Å²) in [4.78, 5) is 22.2. The van der Waals surface area contributed by atoms with Crippen LogP contribution in [0.3, 0.4) is 0 Å². The molecule has 0 saturated carbocycles. The number of pyridine rings is 1. The minimum atomic E-state index is -0.311. The van der Waals surface area contributed by atoms with Gasteiger partial charge in [-0.2, -0.15) is 0 Å². The van der Waals surface area contributed by atoms with Crippen LogP contribution in [0.1, 0.15) is 41.8 Å². The lowest BCUT2D eigenvalue weighted by Gasteiger charge is -2.36. The first kappa shape index (κ1) is 24.9. The fourth-order valence-corrected chi connectivity index (χ4v) is 4.94. The summed E-state index contributed by atoms with van der Waals surface area (Å²) in [5.41, 5.74) is 5.48. The number of aromatic nitrogens is 3. The van der Waals surface area contributed by atoms with Crippen LogP contribution in [0.25, 0.3) is 11.0 Å². The summed E-state index contributed by atoms with van der Waals surface area (Å²) in [6, 6.07) is 4.55. The van der Waals surface area contributed by atoms with Gasteiger partial charge in [0.2, 0.25) is 11.8 Å². The quantitative estimate of drug-likeness (QED) is 0.557. The van der Waals surface area contributed by atoms with E-state index < -0.39 is 0 Å². The van der Waals surface area contributed by atoms with Gasteiger partial charge in [0.15, 0.2) is 5.65 Å². The van der Waals surface area contributed by atoms with Crippen molar-refractivity contribution in [3.63, 3.8) is 0 Å². The number of fused-ring (bicyclic) bond motifs is 1. The van der Waals surface area contributed by atoms with Crippen molar-refractivity contribution in [1.82, 2.24) is 25.0 Å². The summed E-state index contributed by atoms with van der Waals surface area (Å²) >= 11 is 0. The maximum atomic E-state index is 14.2.